The van der Waals surface area contributed by atoms with Gasteiger partial charge in [0.1, 0.15) is 25.4 Å². The average Bonchev–Trinajstić information content (AvgIpc) is 0.924. The quantitative estimate of drug-likeness (QED) is 0.0146. The van der Waals surface area contributed by atoms with Crippen LogP contribution < -0.4 is 0 Å². The molecule has 0 aliphatic carbocycles. The number of carbonyl (C=O) groups excluding carboxylic acids is 3. The van der Waals surface area contributed by atoms with Crippen molar-refractivity contribution in [3.63, 3.8) is 0 Å². The third kappa shape index (κ3) is 94.0. The van der Waals surface area contributed by atoms with Gasteiger partial charge in [0.2, 0.25) is 0 Å². The highest BCUT2D eigenvalue weighted by Crippen LogP contribution is 2.45. The molecule has 0 radical (unpaired) electrons. The van der Waals surface area contributed by atoms with E-state index in [4.69, 9.17) is 32.3 Å². The standard InChI is InChI=1S/C101H176O16P2/c1-4-7-10-13-16-19-22-25-28-31-34-36-38-40-42-44-45-46-47-48-49-51-53-54-56-58-61-63-66-69-72-75-78-81-84-87-99(104)111-90-96(102)91-113-118(107,108)114-92-97(103)93-115-119(109,110)116-95-98(117-101(106)89-86-83-80-77-74-71-68-65-60-33-30-27-24-21-18-15-12-9-6-3)94-112-100(105)88-85-82-79-76-73-70-67-64-62-59-57-55-52-50-43-41-39-37-35-32-29-26-23-20-17-14-11-8-5-2/h7,10,16-21,25-30,34-37,40-43,60,65,96-98,102-103H,4-6,8-9,11-15,22-24,31-33,38-39,44-59,61-64,66-95H2,1-3H3,(H,107,108)(H,109,110)/b10-7-,19-16-,20-17-,21-18-,28-25-,29-26-,30-27-,36-34-,37-35-,42-40-,43-41-,65-60-. The molecule has 16 nitrogen and oxygen atoms in total. The van der Waals surface area contributed by atoms with Gasteiger partial charge in [0.25, 0.3) is 0 Å². The highest BCUT2D eigenvalue weighted by atomic mass is 31.2. The van der Waals surface area contributed by atoms with E-state index in [0.717, 1.165) is 161 Å². The number of allylic oxidation sites excluding steroid dienone is 24. The minimum Gasteiger partial charge on any atom is -0.463 e. The van der Waals surface area contributed by atoms with Crippen molar-refractivity contribution in [2.75, 3.05) is 39.6 Å². The Morgan fingerprint density at radius 2 is 0.445 bits per heavy atom. The smallest absolute Gasteiger partial charge is 0.463 e. The highest BCUT2D eigenvalue weighted by Gasteiger charge is 2.30. The summed E-state index contributed by atoms with van der Waals surface area (Å²) in [6.45, 7) is 2.56. The maximum atomic E-state index is 13.1. The summed E-state index contributed by atoms with van der Waals surface area (Å²) in [7, 11) is -9.81. The van der Waals surface area contributed by atoms with Crippen LogP contribution in [0.4, 0.5) is 0 Å². The van der Waals surface area contributed by atoms with Gasteiger partial charge in [-0.3, -0.25) is 32.5 Å². The van der Waals surface area contributed by atoms with Crippen LogP contribution in [0.2, 0.25) is 0 Å². The molecule has 0 aromatic rings. The summed E-state index contributed by atoms with van der Waals surface area (Å²) in [6, 6.07) is 0. The molecule has 0 aliphatic rings. The Balaban J connectivity index is 4.49. The number of rotatable bonds is 91. The van der Waals surface area contributed by atoms with Gasteiger partial charge in [0.05, 0.1) is 26.4 Å². The number of aliphatic hydroxyl groups excluding tert-OH is 2. The molecular formula is C101H176O16P2. The Kier molecular flexibility index (Phi) is 89.1. The Bertz CT molecular complexity index is 2740. The van der Waals surface area contributed by atoms with Gasteiger partial charge < -0.3 is 34.2 Å². The number of ether oxygens (including phenoxy) is 3. The molecule has 0 amide bonds. The van der Waals surface area contributed by atoms with Gasteiger partial charge in [-0.2, -0.15) is 0 Å². The summed E-state index contributed by atoms with van der Waals surface area (Å²) in [5, 5.41) is 20.8. The van der Waals surface area contributed by atoms with Crippen LogP contribution in [-0.2, 0) is 55.8 Å². The maximum absolute atomic E-state index is 13.1. The van der Waals surface area contributed by atoms with Crippen molar-refractivity contribution >= 4 is 33.6 Å². The van der Waals surface area contributed by atoms with Crippen molar-refractivity contribution in [3.8, 4) is 0 Å². The van der Waals surface area contributed by atoms with Crippen LogP contribution in [0.15, 0.2) is 146 Å². The topological polar surface area (TPSA) is 231 Å². The van der Waals surface area contributed by atoms with E-state index in [1.54, 1.807) is 0 Å². The second-order valence-electron chi connectivity index (χ2n) is 32.1. The van der Waals surface area contributed by atoms with Crippen LogP contribution in [0, 0.1) is 0 Å². The molecule has 5 unspecified atom stereocenters. The lowest BCUT2D eigenvalue weighted by Crippen LogP contribution is -2.30. The summed E-state index contributed by atoms with van der Waals surface area (Å²) in [5.74, 6) is -1.57. The fourth-order valence-electron chi connectivity index (χ4n) is 13.2. The molecule has 0 aromatic carbocycles. The van der Waals surface area contributed by atoms with Gasteiger partial charge >= 0.3 is 33.6 Å². The highest BCUT2D eigenvalue weighted by molar-refractivity contribution is 7.47. The number of phosphoric acid groups is 2. The molecule has 0 saturated carbocycles. The fraction of sp³-hybridized carbons (Fsp3) is 0.733. The number of unbranched alkanes of at least 4 members (excludes halogenated alkanes) is 44. The number of aliphatic hydroxyl groups is 2. The summed E-state index contributed by atoms with van der Waals surface area (Å²) >= 11 is 0. The molecular weight excluding hydrogens is 1530 g/mol. The van der Waals surface area contributed by atoms with Crippen LogP contribution in [-0.4, -0.2) is 95.9 Å². The number of hydrogen-bond donors (Lipinski definition) is 4. The first-order valence-electron chi connectivity index (χ1n) is 48.1. The predicted molar refractivity (Wildman–Crippen MR) is 500 cm³/mol. The molecule has 4 N–H and O–H groups in total. The second-order valence-corrected chi connectivity index (χ2v) is 35.0. The van der Waals surface area contributed by atoms with E-state index in [0.29, 0.717) is 19.3 Å². The first kappa shape index (κ1) is 114. The zero-order valence-electron chi connectivity index (χ0n) is 75.8. The average molecular weight is 1710 g/mol. The lowest BCUT2D eigenvalue weighted by atomic mass is 10.0. The van der Waals surface area contributed by atoms with Crippen molar-refractivity contribution in [1.82, 2.24) is 0 Å². The Morgan fingerprint density at radius 3 is 0.706 bits per heavy atom. The molecule has 0 spiro atoms. The van der Waals surface area contributed by atoms with Crippen molar-refractivity contribution in [2.45, 2.75) is 437 Å². The third-order valence-corrected chi connectivity index (χ3v) is 22.4. The van der Waals surface area contributed by atoms with Gasteiger partial charge in [-0.05, 0) is 148 Å². The normalized spacial score (nSPS) is 14.4. The summed E-state index contributed by atoms with van der Waals surface area (Å²) in [5.41, 5.74) is 0. The molecule has 5 atom stereocenters. The van der Waals surface area contributed by atoms with Gasteiger partial charge in [0, 0.05) is 19.3 Å². The predicted octanol–water partition coefficient (Wildman–Crippen LogP) is 29.9. The van der Waals surface area contributed by atoms with Crippen LogP contribution in [0.1, 0.15) is 419 Å². The van der Waals surface area contributed by atoms with Crippen LogP contribution in [0.5, 0.6) is 0 Å². The van der Waals surface area contributed by atoms with Crippen molar-refractivity contribution in [3.05, 3.63) is 146 Å². The van der Waals surface area contributed by atoms with Crippen molar-refractivity contribution in [1.29, 1.82) is 0 Å². The Hall–Kier alpha value is -4.57. The molecule has 0 aliphatic heterocycles. The molecule has 686 valence electrons. The lowest BCUT2D eigenvalue weighted by Gasteiger charge is -2.21. The SMILES string of the molecule is CC/C=C\C/C=C\C/C=C\C/C=C\C/C=C\CCCCCCCCCCCCCCCCCCCCCC(=O)OCC(O)COP(=O)(O)OCC(O)COP(=O)(O)OCC(COC(=O)CCCCCCCCCCCCCCC/C=C\C/C=C\C/C=C\C/C=C\CCCCC)OC(=O)CCCCCCCC/C=C\C/C=C\C/C=C\CCCCC. The van der Waals surface area contributed by atoms with E-state index in [1.807, 2.05) is 0 Å². The van der Waals surface area contributed by atoms with Gasteiger partial charge in [0.15, 0.2) is 6.10 Å². The van der Waals surface area contributed by atoms with Crippen LogP contribution in [0.3, 0.4) is 0 Å². The maximum Gasteiger partial charge on any atom is 0.472 e. The van der Waals surface area contributed by atoms with Crippen molar-refractivity contribution in [2.24, 2.45) is 0 Å². The summed E-state index contributed by atoms with van der Waals surface area (Å²) < 4.78 is 61.5. The van der Waals surface area contributed by atoms with E-state index < -0.39 is 91.5 Å². The van der Waals surface area contributed by atoms with Crippen LogP contribution >= 0.6 is 15.6 Å². The van der Waals surface area contributed by atoms with E-state index in [2.05, 4.69) is 167 Å². The number of carbonyl (C=O) groups is 3. The molecule has 0 rings (SSSR count). The van der Waals surface area contributed by atoms with E-state index in [9.17, 15) is 43.5 Å². The Labute approximate surface area is 728 Å². The lowest BCUT2D eigenvalue weighted by molar-refractivity contribution is -0.161. The largest absolute Gasteiger partial charge is 0.472 e. The second kappa shape index (κ2) is 92.6. The van der Waals surface area contributed by atoms with Crippen LogP contribution in [0.25, 0.3) is 0 Å². The molecule has 0 aromatic heterocycles. The fourth-order valence-corrected chi connectivity index (χ4v) is 14.8. The molecule has 119 heavy (non-hydrogen) atoms. The van der Waals surface area contributed by atoms with E-state index in [1.165, 1.54) is 199 Å². The number of esters is 3. The van der Waals surface area contributed by atoms with Crippen molar-refractivity contribution < 1.29 is 75.8 Å². The minimum atomic E-state index is -4.94. The monoisotopic (exact) mass is 1710 g/mol. The number of hydrogen-bond acceptors (Lipinski definition) is 14. The third-order valence-electron chi connectivity index (χ3n) is 20.5. The molecule has 0 saturated heterocycles. The Morgan fingerprint density at radius 1 is 0.244 bits per heavy atom. The summed E-state index contributed by atoms with van der Waals surface area (Å²) in [6.07, 6.45) is 118. The number of phosphoric ester groups is 2. The molecule has 18 heteroatoms. The van der Waals surface area contributed by atoms with Gasteiger partial charge in [-0.1, -0.05) is 398 Å². The molecule has 0 fully saturated rings. The minimum absolute atomic E-state index is 0.0888. The summed E-state index contributed by atoms with van der Waals surface area (Å²) in [4.78, 5) is 59.0. The van der Waals surface area contributed by atoms with Gasteiger partial charge in [-0.25, -0.2) is 9.13 Å². The first-order valence-corrected chi connectivity index (χ1v) is 51.1. The van der Waals surface area contributed by atoms with Gasteiger partial charge in [-0.15, -0.1) is 0 Å². The first-order chi connectivity index (χ1) is 58.2. The zero-order valence-corrected chi connectivity index (χ0v) is 77.5. The molecule has 0 bridgehead atoms. The van der Waals surface area contributed by atoms with E-state index >= 15 is 0 Å². The van der Waals surface area contributed by atoms with E-state index in [-0.39, 0.29) is 19.3 Å². The molecule has 0 heterocycles. The zero-order chi connectivity index (χ0) is 86.5.